The summed E-state index contributed by atoms with van der Waals surface area (Å²) in [5.41, 5.74) is 0. The van der Waals surface area contributed by atoms with Crippen molar-refractivity contribution in [3.05, 3.63) is 5.21 Å². The van der Waals surface area contributed by atoms with Crippen LogP contribution in [0.15, 0.2) is 0 Å². The van der Waals surface area contributed by atoms with E-state index in [1.165, 1.54) is 0 Å². The third kappa shape index (κ3) is 0.936. The van der Waals surface area contributed by atoms with Gasteiger partial charge in [-0.2, -0.15) is 8.78 Å². The van der Waals surface area contributed by atoms with Crippen molar-refractivity contribution < 1.29 is 13.5 Å². The number of hydrogen-bond donors (Lipinski definition) is 0. The van der Waals surface area contributed by atoms with Crippen LogP contribution in [0.1, 0.15) is 6.42 Å². The molecular formula is C4H5F2NO. The van der Waals surface area contributed by atoms with E-state index in [1.54, 1.807) is 0 Å². The predicted molar refractivity (Wildman–Crippen MR) is 24.1 cm³/mol. The second kappa shape index (κ2) is 1.40. The Morgan fingerprint density at radius 2 is 2.25 bits per heavy atom. The van der Waals surface area contributed by atoms with E-state index in [9.17, 15) is 14.0 Å². The fourth-order valence-corrected chi connectivity index (χ4v) is 0.592. The van der Waals surface area contributed by atoms with Gasteiger partial charge in [0.05, 0.1) is 6.42 Å². The fourth-order valence-electron chi connectivity index (χ4n) is 0.592. The molecule has 0 bridgehead atoms. The third-order valence-corrected chi connectivity index (χ3v) is 0.981. The summed E-state index contributed by atoms with van der Waals surface area (Å²) in [6.45, 7) is -0.674. The maximum Gasteiger partial charge on any atom is 0.315 e. The second-order valence-electron chi connectivity index (χ2n) is 1.82. The molecule has 1 rings (SSSR count). The molecule has 0 aromatic rings. The van der Waals surface area contributed by atoms with Crippen LogP contribution in [0, 0.1) is 5.21 Å². The molecule has 0 aliphatic carbocycles. The Bertz CT molecular complexity index is 132. The van der Waals surface area contributed by atoms with Crippen molar-refractivity contribution >= 4 is 6.21 Å². The van der Waals surface area contributed by atoms with E-state index in [-0.39, 0.29) is 4.74 Å². The first kappa shape index (κ1) is 5.47. The van der Waals surface area contributed by atoms with Gasteiger partial charge in [-0.3, -0.25) is 0 Å². The van der Waals surface area contributed by atoms with Crippen molar-refractivity contribution in [3.63, 3.8) is 0 Å². The minimum Gasteiger partial charge on any atom is -0.624 e. The summed E-state index contributed by atoms with van der Waals surface area (Å²) in [7, 11) is 0. The smallest absolute Gasteiger partial charge is 0.315 e. The van der Waals surface area contributed by atoms with Crippen LogP contribution in [0.2, 0.25) is 0 Å². The molecule has 0 saturated carbocycles. The average Bonchev–Trinajstić information content (AvgIpc) is 1.82. The molecule has 0 aromatic heterocycles. The molecule has 0 aromatic carbocycles. The maximum atomic E-state index is 11.9. The van der Waals surface area contributed by atoms with Crippen LogP contribution in [0.4, 0.5) is 8.78 Å². The first-order chi connectivity index (χ1) is 3.60. The van der Waals surface area contributed by atoms with E-state index in [1.807, 2.05) is 0 Å². The van der Waals surface area contributed by atoms with Gasteiger partial charge in [0.15, 0.2) is 6.21 Å². The standard InChI is InChI=1S/C4H5F2NO/c5-4(6)1-2-7(8)3-4/h2H,1,3H2. The third-order valence-electron chi connectivity index (χ3n) is 0.981. The lowest BCUT2D eigenvalue weighted by atomic mass is 10.3. The van der Waals surface area contributed by atoms with E-state index in [0.29, 0.717) is 0 Å². The van der Waals surface area contributed by atoms with Crippen LogP contribution in [0.3, 0.4) is 0 Å². The summed E-state index contributed by atoms with van der Waals surface area (Å²) in [5, 5.41) is 10.0. The number of hydroxylamine groups is 1. The van der Waals surface area contributed by atoms with E-state index in [4.69, 9.17) is 0 Å². The normalized spacial score (nSPS) is 25.5. The lowest BCUT2D eigenvalue weighted by Gasteiger charge is -2.02. The van der Waals surface area contributed by atoms with Gasteiger partial charge < -0.3 is 5.21 Å². The summed E-state index contributed by atoms with van der Waals surface area (Å²) in [6.07, 6.45) is 0.552. The molecule has 4 heteroatoms. The predicted octanol–water partition coefficient (Wildman–Crippen LogP) is 0.607. The first-order valence-corrected chi connectivity index (χ1v) is 2.25. The molecule has 0 unspecified atom stereocenters. The van der Waals surface area contributed by atoms with E-state index >= 15 is 0 Å². The van der Waals surface area contributed by atoms with Crippen molar-refractivity contribution in [3.8, 4) is 0 Å². The molecule has 2 nitrogen and oxygen atoms in total. The summed E-state index contributed by atoms with van der Waals surface area (Å²) in [5.74, 6) is -2.78. The van der Waals surface area contributed by atoms with Crippen LogP contribution in [-0.2, 0) is 0 Å². The first-order valence-electron chi connectivity index (χ1n) is 2.25. The molecule has 46 valence electrons. The minimum atomic E-state index is -2.78. The van der Waals surface area contributed by atoms with Gasteiger partial charge in [-0.05, 0) is 0 Å². The monoisotopic (exact) mass is 121 g/mol. The van der Waals surface area contributed by atoms with Crippen LogP contribution in [0.5, 0.6) is 0 Å². The Kier molecular flexibility index (Phi) is 0.957. The Morgan fingerprint density at radius 1 is 1.62 bits per heavy atom. The SMILES string of the molecule is [O-][N+]1=CCC(F)(F)C1. The zero-order valence-electron chi connectivity index (χ0n) is 4.10. The molecule has 0 spiro atoms. The summed E-state index contributed by atoms with van der Waals surface area (Å²) in [6, 6.07) is 0. The van der Waals surface area contributed by atoms with E-state index in [0.717, 1.165) is 6.21 Å². The van der Waals surface area contributed by atoms with Crippen LogP contribution in [-0.4, -0.2) is 23.4 Å². The summed E-state index contributed by atoms with van der Waals surface area (Å²) < 4.78 is 24.1. The molecular weight excluding hydrogens is 116 g/mol. The highest BCUT2D eigenvalue weighted by atomic mass is 19.3. The lowest BCUT2D eigenvalue weighted by molar-refractivity contribution is -0.464. The largest absolute Gasteiger partial charge is 0.624 e. The molecule has 0 amide bonds. The molecule has 0 atom stereocenters. The van der Waals surface area contributed by atoms with Gasteiger partial charge in [0, 0.05) is 0 Å². The van der Waals surface area contributed by atoms with Crippen molar-refractivity contribution in [2.75, 3.05) is 6.54 Å². The van der Waals surface area contributed by atoms with Gasteiger partial charge in [0.1, 0.15) is 0 Å². The zero-order valence-corrected chi connectivity index (χ0v) is 4.10. The molecule has 0 N–H and O–H groups in total. The Hall–Kier alpha value is -0.670. The summed E-state index contributed by atoms with van der Waals surface area (Å²) in [4.78, 5) is 0. The minimum absolute atomic E-state index is 0.264. The summed E-state index contributed by atoms with van der Waals surface area (Å²) >= 11 is 0. The van der Waals surface area contributed by atoms with Crippen LogP contribution < -0.4 is 0 Å². The fraction of sp³-hybridized carbons (Fsp3) is 0.750. The van der Waals surface area contributed by atoms with Crippen molar-refractivity contribution in [2.24, 2.45) is 0 Å². The van der Waals surface area contributed by atoms with Gasteiger partial charge >= 0.3 is 5.92 Å². The quantitative estimate of drug-likeness (QED) is 0.340. The van der Waals surface area contributed by atoms with Gasteiger partial charge in [-0.1, -0.05) is 0 Å². The highest BCUT2D eigenvalue weighted by Gasteiger charge is 2.38. The van der Waals surface area contributed by atoms with Crippen molar-refractivity contribution in [2.45, 2.75) is 12.3 Å². The molecule has 8 heavy (non-hydrogen) atoms. The molecule has 0 saturated heterocycles. The topological polar surface area (TPSA) is 26.1 Å². The average molecular weight is 121 g/mol. The number of hydrogen-bond acceptors (Lipinski definition) is 1. The zero-order chi connectivity index (χ0) is 6.20. The Balaban J connectivity index is 2.55. The molecule has 0 fully saturated rings. The molecule has 0 radical (unpaired) electrons. The van der Waals surface area contributed by atoms with Gasteiger partial charge in [0.2, 0.25) is 6.54 Å². The number of rotatable bonds is 0. The van der Waals surface area contributed by atoms with Crippen LogP contribution >= 0.6 is 0 Å². The molecule has 1 aliphatic heterocycles. The number of alkyl halides is 2. The van der Waals surface area contributed by atoms with Gasteiger partial charge in [0.25, 0.3) is 0 Å². The van der Waals surface area contributed by atoms with E-state index < -0.39 is 18.9 Å². The lowest BCUT2D eigenvalue weighted by Crippen LogP contribution is -2.19. The van der Waals surface area contributed by atoms with Gasteiger partial charge in [-0.25, -0.2) is 4.74 Å². The second-order valence-corrected chi connectivity index (χ2v) is 1.82. The van der Waals surface area contributed by atoms with Crippen molar-refractivity contribution in [1.29, 1.82) is 0 Å². The highest BCUT2D eigenvalue weighted by molar-refractivity contribution is 5.54. The number of nitrogens with zero attached hydrogens (tertiary/aromatic N) is 1. The molecule has 1 heterocycles. The highest BCUT2D eigenvalue weighted by Crippen LogP contribution is 2.20. The molecule has 1 aliphatic rings. The Labute approximate surface area is 45.0 Å². The van der Waals surface area contributed by atoms with Crippen molar-refractivity contribution in [1.82, 2.24) is 0 Å². The van der Waals surface area contributed by atoms with Crippen LogP contribution in [0.25, 0.3) is 0 Å². The van der Waals surface area contributed by atoms with E-state index in [2.05, 4.69) is 0 Å². The maximum absolute atomic E-state index is 11.9. The number of halogens is 2. The Morgan fingerprint density at radius 3 is 2.38 bits per heavy atom. The van der Waals surface area contributed by atoms with Gasteiger partial charge in [-0.15, -0.1) is 0 Å².